The van der Waals surface area contributed by atoms with Crippen LogP contribution in [0.15, 0.2) is 42.5 Å². The topological polar surface area (TPSA) is 86.3 Å². The lowest BCUT2D eigenvalue weighted by Crippen LogP contribution is -2.46. The number of hydrogen-bond donors (Lipinski definition) is 1. The fourth-order valence-corrected chi connectivity index (χ4v) is 3.01. The number of amides is 1. The third kappa shape index (κ3) is 3.88. The molecule has 0 unspecified atom stereocenters. The Morgan fingerprint density at radius 2 is 1.79 bits per heavy atom. The first kappa shape index (κ1) is 18.7. The van der Waals surface area contributed by atoms with Gasteiger partial charge in [0, 0.05) is 22.3 Å². The zero-order chi connectivity index (χ0) is 18.1. The quantitative estimate of drug-likeness (QED) is 0.642. The average molecular weight is 389 g/mol. The summed E-state index contributed by atoms with van der Waals surface area (Å²) in [6.45, 7) is 0. The van der Waals surface area contributed by atoms with Gasteiger partial charge >= 0.3 is 0 Å². The second kappa shape index (κ2) is 6.70. The number of nitrogens with one attached hydrogen (secondary N) is 1. The second-order valence-electron chi connectivity index (χ2n) is 5.41. The Labute approximate surface area is 150 Å². The maximum atomic E-state index is 12.2. The van der Waals surface area contributed by atoms with Gasteiger partial charge in [0.25, 0.3) is 16.2 Å². The van der Waals surface area contributed by atoms with Crippen LogP contribution in [0.2, 0.25) is 10.0 Å². The molecule has 0 aliphatic rings. The van der Waals surface area contributed by atoms with E-state index in [4.69, 9.17) is 23.2 Å². The van der Waals surface area contributed by atoms with Crippen molar-refractivity contribution in [3.05, 3.63) is 58.1 Å². The Morgan fingerprint density at radius 3 is 2.33 bits per heavy atom. The monoisotopic (exact) mass is 388 g/mol. The van der Waals surface area contributed by atoms with Gasteiger partial charge in [-0.2, -0.15) is 12.3 Å². The van der Waals surface area contributed by atoms with Crippen LogP contribution in [-0.2, 0) is 10.3 Å². The van der Waals surface area contributed by atoms with Crippen LogP contribution in [0.1, 0.15) is 10.4 Å². The van der Waals surface area contributed by atoms with Gasteiger partial charge in [-0.3, -0.25) is 4.79 Å². The van der Waals surface area contributed by atoms with Gasteiger partial charge in [0.2, 0.25) is 0 Å². The van der Waals surface area contributed by atoms with Crippen LogP contribution in [0.5, 0.6) is 0 Å². The van der Waals surface area contributed by atoms with E-state index in [0.717, 1.165) is 0 Å². The van der Waals surface area contributed by atoms with E-state index < -0.39 is 20.1 Å². The Bertz CT molecular complexity index is 898. The summed E-state index contributed by atoms with van der Waals surface area (Å²) < 4.78 is 33.1. The molecule has 0 heterocycles. The number of rotatable bonds is 4. The predicted octanol–water partition coefficient (Wildman–Crippen LogP) is 3.27. The molecule has 0 atom stereocenters. The molecule has 0 radical (unpaired) electrons. The molecule has 1 amide bonds. The molecule has 2 aromatic carbocycles. The number of halogens is 2. The Morgan fingerprint density at radius 1 is 1.12 bits per heavy atom. The third-order valence-electron chi connectivity index (χ3n) is 3.43. The van der Waals surface area contributed by atoms with E-state index in [1.54, 1.807) is 24.3 Å². The molecule has 0 saturated heterocycles. The Balaban J connectivity index is 2.31. The van der Waals surface area contributed by atoms with Crippen molar-refractivity contribution in [2.24, 2.45) is 0 Å². The number of benzene rings is 2. The van der Waals surface area contributed by atoms with Crippen LogP contribution < -0.4 is 9.21 Å². The fourth-order valence-electron chi connectivity index (χ4n) is 1.97. The van der Waals surface area contributed by atoms with Crippen LogP contribution in [0.4, 0.5) is 11.4 Å². The molecule has 128 valence electrons. The summed E-state index contributed by atoms with van der Waals surface area (Å²) in [5.41, 5.74) is 0.795. The van der Waals surface area contributed by atoms with Crippen LogP contribution >= 0.6 is 23.2 Å². The van der Waals surface area contributed by atoms with Crippen molar-refractivity contribution < 1.29 is 17.8 Å². The lowest BCUT2D eigenvalue weighted by molar-refractivity contribution is 0.102. The van der Waals surface area contributed by atoms with Gasteiger partial charge in [-0.1, -0.05) is 29.3 Å². The molecule has 2 aromatic rings. The molecule has 0 spiro atoms. The molecule has 0 fully saturated rings. The highest BCUT2D eigenvalue weighted by atomic mass is 35.5. The molecule has 6 nitrogen and oxygen atoms in total. The summed E-state index contributed by atoms with van der Waals surface area (Å²) in [5.74, 6) is -0.444. The van der Waals surface area contributed by atoms with Gasteiger partial charge in [0.15, 0.2) is 5.69 Å². The van der Waals surface area contributed by atoms with Crippen LogP contribution in [-0.4, -0.2) is 33.0 Å². The smallest absolute Gasteiger partial charge is 0.258 e. The summed E-state index contributed by atoms with van der Waals surface area (Å²) in [6, 6.07) is 10.7. The van der Waals surface area contributed by atoms with Crippen molar-refractivity contribution >= 4 is 50.8 Å². The van der Waals surface area contributed by atoms with E-state index in [1.165, 1.54) is 32.3 Å². The molecule has 24 heavy (non-hydrogen) atoms. The maximum absolute atomic E-state index is 12.2. The van der Waals surface area contributed by atoms with Gasteiger partial charge in [0.1, 0.15) is 5.02 Å². The van der Waals surface area contributed by atoms with Crippen molar-refractivity contribution in [1.29, 1.82) is 0 Å². The van der Waals surface area contributed by atoms with Gasteiger partial charge in [-0.05, 0) is 30.3 Å². The molecule has 9 heteroatoms. The predicted molar refractivity (Wildman–Crippen MR) is 94.2 cm³/mol. The van der Waals surface area contributed by atoms with E-state index in [2.05, 4.69) is 5.32 Å². The summed E-state index contributed by atoms with van der Waals surface area (Å²) >= 11 is 11.9. The highest BCUT2D eigenvalue weighted by Gasteiger charge is 2.30. The summed E-state index contributed by atoms with van der Waals surface area (Å²) in [6.07, 6.45) is 0. The normalized spacial score (nSPS) is 12.0. The number of nitrogens with zero attached hydrogens (tertiary/aromatic N) is 1. The van der Waals surface area contributed by atoms with Gasteiger partial charge in [-0.25, -0.2) is 0 Å². The molecular formula is C15H14Cl2N2O4S. The first-order valence-corrected chi connectivity index (χ1v) is 8.81. The minimum absolute atomic E-state index is 0.00170. The first-order chi connectivity index (χ1) is 11.0. The van der Waals surface area contributed by atoms with Crippen LogP contribution in [0, 0.1) is 0 Å². The van der Waals surface area contributed by atoms with Crippen molar-refractivity contribution in [3.63, 3.8) is 0 Å². The Kier molecular flexibility index (Phi) is 5.22. The second-order valence-corrected chi connectivity index (χ2v) is 8.02. The van der Waals surface area contributed by atoms with Gasteiger partial charge in [-0.15, -0.1) is 0 Å². The molecule has 0 aromatic heterocycles. The number of carbonyl (C=O) groups is 1. The van der Waals surface area contributed by atoms with E-state index in [9.17, 15) is 17.8 Å². The van der Waals surface area contributed by atoms with E-state index in [1.807, 2.05) is 0 Å². The average Bonchev–Trinajstić information content (AvgIpc) is 2.45. The third-order valence-corrected chi connectivity index (χ3v) is 5.28. The van der Waals surface area contributed by atoms with E-state index >= 15 is 0 Å². The summed E-state index contributed by atoms with van der Waals surface area (Å²) in [5, 5.41) is 3.12. The van der Waals surface area contributed by atoms with Crippen LogP contribution in [0.25, 0.3) is 0 Å². The number of anilines is 1. The van der Waals surface area contributed by atoms with Crippen molar-refractivity contribution in [1.82, 2.24) is 3.89 Å². The lowest BCUT2D eigenvalue weighted by atomic mass is 10.1. The zero-order valence-electron chi connectivity index (χ0n) is 12.8. The molecule has 2 rings (SSSR count). The molecular weight excluding hydrogens is 375 g/mol. The van der Waals surface area contributed by atoms with Crippen molar-refractivity contribution in [2.45, 2.75) is 0 Å². The highest BCUT2D eigenvalue weighted by Crippen LogP contribution is 2.32. The molecule has 0 bridgehead atoms. The number of carbonyl (C=O) groups excluding carboxylic acids is 1. The standard InChI is InChI=1S/C15H14Cl2N2O4S/c1-19(2,24(21,22)23)14-7-6-10(8-13(14)17)15(20)18-12-5-3-4-11(16)9-12/h3-9H,1-2H3,(H-,18,20,21,22,23). The van der Waals surface area contributed by atoms with E-state index in [-0.39, 0.29) is 16.3 Å². The van der Waals surface area contributed by atoms with Gasteiger partial charge < -0.3 is 9.87 Å². The minimum atomic E-state index is -4.68. The van der Waals surface area contributed by atoms with Crippen molar-refractivity contribution in [2.75, 3.05) is 19.4 Å². The van der Waals surface area contributed by atoms with E-state index in [0.29, 0.717) is 10.7 Å². The first-order valence-electron chi connectivity index (χ1n) is 6.69. The molecule has 0 aliphatic carbocycles. The maximum Gasteiger partial charge on any atom is 0.258 e. The number of quaternary nitrogens is 1. The molecule has 0 aliphatic heterocycles. The minimum Gasteiger partial charge on any atom is -0.701 e. The zero-order valence-corrected chi connectivity index (χ0v) is 15.1. The van der Waals surface area contributed by atoms with Crippen molar-refractivity contribution in [3.8, 4) is 0 Å². The fraction of sp³-hybridized carbons (Fsp3) is 0.133. The largest absolute Gasteiger partial charge is 0.701 e. The van der Waals surface area contributed by atoms with Crippen LogP contribution in [0.3, 0.4) is 0 Å². The molecule has 0 saturated carbocycles. The lowest BCUT2D eigenvalue weighted by Gasteiger charge is -2.31. The SMILES string of the molecule is C[N+](C)(c1ccc(C(=O)Nc2cccc(Cl)c2)cc1Cl)S(=O)(=O)[O-]. The summed E-state index contributed by atoms with van der Waals surface area (Å²) in [7, 11) is -2.27. The highest BCUT2D eigenvalue weighted by molar-refractivity contribution is 7.85. The van der Waals surface area contributed by atoms with Gasteiger partial charge in [0.05, 0.1) is 14.1 Å². The molecule has 1 N–H and O–H groups in total. The Hall–Kier alpha value is -1.64. The summed E-state index contributed by atoms with van der Waals surface area (Å²) in [4.78, 5) is 12.2. The number of hydrogen-bond acceptors (Lipinski definition) is 4.